The highest BCUT2D eigenvalue weighted by Gasteiger charge is 2.22. The van der Waals surface area contributed by atoms with Gasteiger partial charge in [0, 0.05) is 18.9 Å². The number of carboxylic acids is 1. The minimum atomic E-state index is -0.867. The standard InChI is InChI=1S/C24H29NO5/c1-16(26)25-22-14-17(10-11-23(28)29)13-21(19-7-3-2-4-8-19)24(22)30-15-18-6-5-9-20(27)12-18/h2-4,7-8,13-14,18,20,27H,5-6,9-12,15H2,1H3,(H,25,26)(H,28,29). The molecular weight excluding hydrogens is 382 g/mol. The van der Waals surface area contributed by atoms with Crippen LogP contribution in [0.5, 0.6) is 5.75 Å². The van der Waals surface area contributed by atoms with Crippen molar-refractivity contribution in [2.45, 2.75) is 51.6 Å². The van der Waals surface area contributed by atoms with Crippen molar-refractivity contribution in [1.82, 2.24) is 0 Å². The zero-order valence-electron chi connectivity index (χ0n) is 17.3. The molecule has 1 fully saturated rings. The number of amides is 1. The molecule has 6 nitrogen and oxygen atoms in total. The lowest BCUT2D eigenvalue weighted by molar-refractivity contribution is -0.137. The van der Waals surface area contributed by atoms with E-state index in [0.717, 1.165) is 36.0 Å². The lowest BCUT2D eigenvalue weighted by atomic mass is 9.88. The molecule has 1 aliphatic carbocycles. The van der Waals surface area contributed by atoms with Gasteiger partial charge >= 0.3 is 5.97 Å². The van der Waals surface area contributed by atoms with Crippen molar-refractivity contribution in [3.63, 3.8) is 0 Å². The first-order chi connectivity index (χ1) is 14.4. The smallest absolute Gasteiger partial charge is 0.303 e. The molecule has 1 saturated carbocycles. The molecule has 0 spiro atoms. The molecule has 0 bridgehead atoms. The molecule has 3 rings (SSSR count). The van der Waals surface area contributed by atoms with Gasteiger partial charge in [-0.2, -0.15) is 0 Å². The molecule has 1 aliphatic rings. The van der Waals surface area contributed by atoms with Gasteiger partial charge in [0.05, 0.1) is 18.4 Å². The van der Waals surface area contributed by atoms with Crippen molar-refractivity contribution in [1.29, 1.82) is 0 Å². The second-order valence-electron chi connectivity index (χ2n) is 7.96. The van der Waals surface area contributed by atoms with Crippen LogP contribution >= 0.6 is 0 Å². The lowest BCUT2D eigenvalue weighted by Gasteiger charge is -2.27. The zero-order valence-corrected chi connectivity index (χ0v) is 17.3. The summed E-state index contributed by atoms with van der Waals surface area (Å²) in [6, 6.07) is 13.4. The highest BCUT2D eigenvalue weighted by molar-refractivity contribution is 5.93. The van der Waals surface area contributed by atoms with Gasteiger partial charge < -0.3 is 20.3 Å². The number of nitrogens with one attached hydrogen (secondary N) is 1. The van der Waals surface area contributed by atoms with Gasteiger partial charge in [-0.25, -0.2) is 0 Å². The van der Waals surface area contributed by atoms with Crippen LogP contribution in [-0.2, 0) is 16.0 Å². The number of aliphatic hydroxyl groups excluding tert-OH is 1. The van der Waals surface area contributed by atoms with Gasteiger partial charge in [0.2, 0.25) is 5.91 Å². The fourth-order valence-corrected chi connectivity index (χ4v) is 3.97. The second kappa shape index (κ2) is 10.3. The van der Waals surface area contributed by atoms with E-state index >= 15 is 0 Å². The zero-order chi connectivity index (χ0) is 21.5. The fraction of sp³-hybridized carbons (Fsp3) is 0.417. The highest BCUT2D eigenvalue weighted by Crippen LogP contribution is 2.39. The predicted octanol–water partition coefficient (Wildman–Crippen LogP) is 4.26. The van der Waals surface area contributed by atoms with Crippen LogP contribution in [0.2, 0.25) is 0 Å². The van der Waals surface area contributed by atoms with Gasteiger partial charge in [0.25, 0.3) is 0 Å². The molecular formula is C24H29NO5. The molecule has 0 radical (unpaired) electrons. The Bertz CT molecular complexity index is 881. The summed E-state index contributed by atoms with van der Waals surface area (Å²) in [5, 5.41) is 21.9. The number of carbonyl (C=O) groups excluding carboxylic acids is 1. The normalized spacial score (nSPS) is 18.6. The Morgan fingerprint density at radius 3 is 2.60 bits per heavy atom. The predicted molar refractivity (Wildman–Crippen MR) is 116 cm³/mol. The molecule has 0 aromatic heterocycles. The summed E-state index contributed by atoms with van der Waals surface area (Å²) in [5.74, 6) is -0.249. The van der Waals surface area contributed by atoms with Crippen LogP contribution in [0.4, 0.5) is 5.69 Å². The molecule has 0 saturated heterocycles. The van der Waals surface area contributed by atoms with E-state index in [1.807, 2.05) is 36.4 Å². The summed E-state index contributed by atoms with van der Waals surface area (Å²) in [4.78, 5) is 22.9. The Morgan fingerprint density at radius 2 is 1.93 bits per heavy atom. The van der Waals surface area contributed by atoms with E-state index in [9.17, 15) is 14.7 Å². The minimum Gasteiger partial charge on any atom is -0.490 e. The van der Waals surface area contributed by atoms with Crippen LogP contribution in [0.3, 0.4) is 0 Å². The van der Waals surface area contributed by atoms with Crippen molar-refractivity contribution in [3.8, 4) is 16.9 Å². The number of aliphatic hydroxyl groups is 1. The summed E-state index contributed by atoms with van der Waals surface area (Å²) in [7, 11) is 0. The lowest BCUT2D eigenvalue weighted by Crippen LogP contribution is -2.24. The largest absolute Gasteiger partial charge is 0.490 e. The third-order valence-corrected chi connectivity index (χ3v) is 5.39. The van der Waals surface area contributed by atoms with E-state index in [0.29, 0.717) is 30.9 Å². The van der Waals surface area contributed by atoms with Crippen molar-refractivity contribution >= 4 is 17.6 Å². The maximum Gasteiger partial charge on any atom is 0.303 e. The average molecular weight is 411 g/mol. The number of hydrogen-bond acceptors (Lipinski definition) is 4. The maximum absolute atomic E-state index is 11.8. The molecule has 160 valence electrons. The first-order valence-corrected chi connectivity index (χ1v) is 10.4. The van der Waals surface area contributed by atoms with Crippen molar-refractivity contribution < 1.29 is 24.5 Å². The summed E-state index contributed by atoms with van der Waals surface area (Å²) in [6.07, 6.45) is 3.62. The molecule has 2 aromatic rings. The van der Waals surface area contributed by atoms with Crippen LogP contribution in [0.25, 0.3) is 11.1 Å². The van der Waals surface area contributed by atoms with Gasteiger partial charge in [-0.15, -0.1) is 0 Å². The maximum atomic E-state index is 11.8. The van der Waals surface area contributed by atoms with Crippen LogP contribution in [0.1, 0.15) is 44.6 Å². The summed E-state index contributed by atoms with van der Waals surface area (Å²) in [6.45, 7) is 1.89. The Morgan fingerprint density at radius 1 is 1.17 bits per heavy atom. The van der Waals surface area contributed by atoms with Crippen molar-refractivity contribution in [2.75, 3.05) is 11.9 Å². The Balaban J connectivity index is 1.97. The van der Waals surface area contributed by atoms with Gasteiger partial charge in [0.1, 0.15) is 0 Å². The number of hydrogen-bond donors (Lipinski definition) is 3. The van der Waals surface area contributed by atoms with Gasteiger partial charge in [0.15, 0.2) is 5.75 Å². The molecule has 3 N–H and O–H groups in total. The van der Waals surface area contributed by atoms with E-state index in [4.69, 9.17) is 9.84 Å². The Hall–Kier alpha value is -2.86. The molecule has 6 heteroatoms. The number of rotatable bonds is 8. The van der Waals surface area contributed by atoms with E-state index < -0.39 is 5.97 Å². The van der Waals surface area contributed by atoms with Gasteiger partial charge in [-0.3, -0.25) is 9.59 Å². The van der Waals surface area contributed by atoms with Gasteiger partial charge in [-0.1, -0.05) is 36.8 Å². The number of carbonyl (C=O) groups is 2. The molecule has 2 atom stereocenters. The Labute approximate surface area is 176 Å². The number of ether oxygens (including phenoxy) is 1. The first-order valence-electron chi connectivity index (χ1n) is 10.4. The highest BCUT2D eigenvalue weighted by atomic mass is 16.5. The molecule has 1 amide bonds. The van der Waals surface area contributed by atoms with Gasteiger partial charge in [-0.05, 0) is 54.9 Å². The second-order valence-corrected chi connectivity index (χ2v) is 7.96. The number of benzene rings is 2. The van der Waals surface area contributed by atoms with Crippen molar-refractivity contribution in [2.24, 2.45) is 5.92 Å². The molecule has 30 heavy (non-hydrogen) atoms. The Kier molecular flexibility index (Phi) is 7.46. The minimum absolute atomic E-state index is 0.00784. The first kappa shape index (κ1) is 21.8. The molecule has 0 aliphatic heterocycles. The van der Waals surface area contributed by atoms with Crippen LogP contribution in [0.15, 0.2) is 42.5 Å². The third kappa shape index (κ3) is 6.07. The SMILES string of the molecule is CC(=O)Nc1cc(CCC(=O)O)cc(-c2ccccc2)c1OCC1CCCC(O)C1. The third-order valence-electron chi connectivity index (χ3n) is 5.39. The number of carboxylic acid groups (broad SMARTS) is 1. The number of aliphatic carboxylic acids is 1. The van der Waals surface area contributed by atoms with E-state index in [1.165, 1.54) is 6.92 Å². The molecule has 0 heterocycles. The monoisotopic (exact) mass is 411 g/mol. The summed E-state index contributed by atoms with van der Waals surface area (Å²) >= 11 is 0. The molecule has 2 aromatic carbocycles. The van der Waals surface area contributed by atoms with Crippen LogP contribution < -0.4 is 10.1 Å². The van der Waals surface area contributed by atoms with Crippen LogP contribution in [-0.4, -0.2) is 34.8 Å². The molecule has 2 unspecified atom stereocenters. The quantitative estimate of drug-likeness (QED) is 0.603. The fourth-order valence-electron chi connectivity index (χ4n) is 3.97. The summed E-state index contributed by atoms with van der Waals surface area (Å²) in [5.41, 5.74) is 3.11. The number of aryl methyl sites for hydroxylation is 1. The van der Waals surface area contributed by atoms with Crippen LogP contribution in [0, 0.1) is 5.92 Å². The number of anilines is 1. The van der Waals surface area contributed by atoms with E-state index in [2.05, 4.69) is 5.32 Å². The average Bonchev–Trinajstić information content (AvgIpc) is 2.71. The van der Waals surface area contributed by atoms with E-state index in [1.54, 1.807) is 6.07 Å². The van der Waals surface area contributed by atoms with E-state index in [-0.39, 0.29) is 24.3 Å². The topological polar surface area (TPSA) is 95.9 Å². The summed E-state index contributed by atoms with van der Waals surface area (Å²) < 4.78 is 6.25. The van der Waals surface area contributed by atoms with Crippen molar-refractivity contribution in [3.05, 3.63) is 48.0 Å².